The molecule has 0 heterocycles. The molecule has 0 saturated carbocycles. The van der Waals surface area contributed by atoms with E-state index < -0.39 is 0 Å². The maximum Gasteiger partial charge on any atom is 0.118 e. The predicted molar refractivity (Wildman–Crippen MR) is 78.0 cm³/mol. The maximum atomic E-state index is 5.99. The topological polar surface area (TPSA) is 35.2 Å². The minimum atomic E-state index is 0.414. The number of nitrogen functional groups attached to an aromatic ring is 1. The Bertz CT molecular complexity index is 534. The fourth-order valence-electron chi connectivity index (χ4n) is 1.40. The molecule has 0 amide bonds. The summed E-state index contributed by atoms with van der Waals surface area (Å²) in [5.74, 6) is 0.827. The second kappa shape index (κ2) is 5.74. The first-order valence-corrected chi connectivity index (χ1v) is 6.74. The number of ether oxygens (including phenoxy) is 1. The molecule has 0 aliphatic carbocycles. The quantitative estimate of drug-likeness (QED) is 0.832. The average molecular weight is 300 g/mol. The summed E-state index contributed by atoms with van der Waals surface area (Å²) in [6.07, 6.45) is 0. The smallest absolute Gasteiger partial charge is 0.118 e. The summed E-state index contributed by atoms with van der Waals surface area (Å²) in [4.78, 5) is 2.03. The van der Waals surface area contributed by atoms with E-state index in [1.807, 2.05) is 24.3 Å². The van der Waals surface area contributed by atoms with E-state index in [0.29, 0.717) is 15.7 Å². The SMILES string of the molecule is COc1ccc(Sc2cc(Cl)c(N)c(Cl)c2)cc1. The van der Waals surface area contributed by atoms with Crippen molar-refractivity contribution in [3.05, 3.63) is 46.4 Å². The van der Waals surface area contributed by atoms with Crippen LogP contribution in [0.2, 0.25) is 10.0 Å². The van der Waals surface area contributed by atoms with Crippen LogP contribution < -0.4 is 10.5 Å². The Labute approximate surface area is 120 Å². The zero-order valence-electron chi connectivity index (χ0n) is 9.61. The third-order valence-electron chi connectivity index (χ3n) is 2.35. The lowest BCUT2D eigenvalue weighted by Crippen LogP contribution is -1.88. The molecule has 0 saturated heterocycles. The lowest BCUT2D eigenvalue weighted by molar-refractivity contribution is 0.414. The van der Waals surface area contributed by atoms with Crippen molar-refractivity contribution in [1.29, 1.82) is 0 Å². The van der Waals surface area contributed by atoms with Crippen LogP contribution in [0.15, 0.2) is 46.2 Å². The van der Waals surface area contributed by atoms with Gasteiger partial charge >= 0.3 is 0 Å². The van der Waals surface area contributed by atoms with Gasteiger partial charge in [-0.05, 0) is 36.4 Å². The molecule has 0 unspecified atom stereocenters. The molecule has 0 atom stereocenters. The van der Waals surface area contributed by atoms with Gasteiger partial charge in [0.1, 0.15) is 5.75 Å². The summed E-state index contributed by atoms with van der Waals surface area (Å²) in [5, 5.41) is 0.942. The molecule has 5 heteroatoms. The van der Waals surface area contributed by atoms with E-state index in [0.717, 1.165) is 15.5 Å². The van der Waals surface area contributed by atoms with Crippen molar-refractivity contribution in [2.75, 3.05) is 12.8 Å². The van der Waals surface area contributed by atoms with Gasteiger partial charge in [0.2, 0.25) is 0 Å². The highest BCUT2D eigenvalue weighted by atomic mass is 35.5. The Morgan fingerprint density at radius 1 is 1.00 bits per heavy atom. The van der Waals surface area contributed by atoms with Crippen molar-refractivity contribution in [2.45, 2.75) is 9.79 Å². The Balaban J connectivity index is 2.23. The first kappa shape index (κ1) is 13.4. The van der Waals surface area contributed by atoms with Crippen LogP contribution in [0.3, 0.4) is 0 Å². The highest BCUT2D eigenvalue weighted by molar-refractivity contribution is 7.99. The van der Waals surface area contributed by atoms with Crippen LogP contribution in [0.1, 0.15) is 0 Å². The molecule has 18 heavy (non-hydrogen) atoms. The summed E-state index contributed by atoms with van der Waals surface area (Å²) >= 11 is 13.5. The van der Waals surface area contributed by atoms with Gasteiger partial charge in [-0.2, -0.15) is 0 Å². The van der Waals surface area contributed by atoms with Crippen LogP contribution in [-0.2, 0) is 0 Å². The van der Waals surface area contributed by atoms with E-state index in [9.17, 15) is 0 Å². The molecule has 0 spiro atoms. The van der Waals surface area contributed by atoms with Gasteiger partial charge in [-0.1, -0.05) is 35.0 Å². The van der Waals surface area contributed by atoms with Gasteiger partial charge in [0, 0.05) is 9.79 Å². The van der Waals surface area contributed by atoms with E-state index in [2.05, 4.69) is 0 Å². The molecule has 0 fully saturated rings. The highest BCUT2D eigenvalue weighted by Crippen LogP contribution is 2.36. The second-order valence-electron chi connectivity index (χ2n) is 3.58. The summed E-state index contributed by atoms with van der Waals surface area (Å²) in [7, 11) is 1.64. The van der Waals surface area contributed by atoms with E-state index >= 15 is 0 Å². The molecule has 0 aliphatic rings. The van der Waals surface area contributed by atoms with Crippen LogP contribution in [0.25, 0.3) is 0 Å². The number of methoxy groups -OCH3 is 1. The van der Waals surface area contributed by atoms with Crippen molar-refractivity contribution in [3.63, 3.8) is 0 Å². The zero-order valence-corrected chi connectivity index (χ0v) is 11.9. The Kier molecular flexibility index (Phi) is 4.27. The molecule has 2 aromatic carbocycles. The van der Waals surface area contributed by atoms with Gasteiger partial charge in [-0.3, -0.25) is 0 Å². The summed E-state index contributed by atoms with van der Waals surface area (Å²) in [5.41, 5.74) is 6.11. The number of rotatable bonds is 3. The first-order chi connectivity index (χ1) is 8.60. The van der Waals surface area contributed by atoms with Gasteiger partial charge in [0.05, 0.1) is 22.8 Å². The molecule has 2 nitrogen and oxygen atoms in total. The number of halogens is 2. The number of anilines is 1. The van der Waals surface area contributed by atoms with Crippen LogP contribution >= 0.6 is 35.0 Å². The van der Waals surface area contributed by atoms with Gasteiger partial charge in [-0.15, -0.1) is 0 Å². The van der Waals surface area contributed by atoms with Crippen LogP contribution in [0, 0.1) is 0 Å². The minimum absolute atomic E-state index is 0.414. The molecular weight excluding hydrogens is 289 g/mol. The molecule has 94 valence electrons. The van der Waals surface area contributed by atoms with Gasteiger partial charge in [0.15, 0.2) is 0 Å². The van der Waals surface area contributed by atoms with Crippen LogP contribution in [0.4, 0.5) is 5.69 Å². The molecule has 0 radical (unpaired) electrons. The van der Waals surface area contributed by atoms with Gasteiger partial charge in [0.25, 0.3) is 0 Å². The van der Waals surface area contributed by atoms with E-state index in [-0.39, 0.29) is 0 Å². The third kappa shape index (κ3) is 3.05. The number of benzene rings is 2. The fourth-order valence-corrected chi connectivity index (χ4v) is 2.91. The third-order valence-corrected chi connectivity index (χ3v) is 3.95. The van der Waals surface area contributed by atoms with E-state index in [4.69, 9.17) is 33.7 Å². The van der Waals surface area contributed by atoms with Crippen LogP contribution in [0.5, 0.6) is 5.75 Å². The van der Waals surface area contributed by atoms with Crippen molar-refractivity contribution in [3.8, 4) is 5.75 Å². The summed E-state index contributed by atoms with van der Waals surface area (Å²) in [6.45, 7) is 0. The largest absolute Gasteiger partial charge is 0.497 e. The standard InChI is InChI=1S/C13H11Cl2NOS/c1-17-8-2-4-9(5-3-8)18-10-6-11(14)13(16)12(15)7-10/h2-7H,16H2,1H3. The molecule has 0 bridgehead atoms. The predicted octanol–water partition coefficient (Wildman–Crippen LogP) is 4.74. The van der Waals surface area contributed by atoms with Gasteiger partial charge < -0.3 is 10.5 Å². The molecule has 0 aliphatic heterocycles. The highest BCUT2D eigenvalue weighted by Gasteiger charge is 2.06. The maximum absolute atomic E-state index is 5.99. The Morgan fingerprint density at radius 3 is 2.06 bits per heavy atom. The lowest BCUT2D eigenvalue weighted by atomic mass is 10.3. The second-order valence-corrected chi connectivity index (χ2v) is 5.54. The normalized spacial score (nSPS) is 10.4. The first-order valence-electron chi connectivity index (χ1n) is 5.16. The van der Waals surface area contributed by atoms with Crippen molar-refractivity contribution in [2.24, 2.45) is 0 Å². The number of nitrogens with two attached hydrogens (primary N) is 1. The summed E-state index contributed by atoms with van der Waals surface area (Å²) < 4.78 is 5.11. The van der Waals surface area contributed by atoms with E-state index in [1.165, 1.54) is 0 Å². The van der Waals surface area contributed by atoms with E-state index in [1.54, 1.807) is 31.0 Å². The lowest BCUT2D eigenvalue weighted by Gasteiger charge is -2.07. The molecule has 2 aromatic rings. The average Bonchev–Trinajstić information content (AvgIpc) is 2.37. The Morgan fingerprint density at radius 2 is 1.56 bits per heavy atom. The Hall–Kier alpha value is -1.03. The molecule has 2 N–H and O–H groups in total. The fraction of sp³-hybridized carbons (Fsp3) is 0.0769. The molecule has 0 aromatic heterocycles. The monoisotopic (exact) mass is 299 g/mol. The van der Waals surface area contributed by atoms with Crippen LogP contribution in [-0.4, -0.2) is 7.11 Å². The molecule has 2 rings (SSSR count). The number of hydrogen-bond donors (Lipinski definition) is 1. The number of hydrogen-bond acceptors (Lipinski definition) is 3. The van der Waals surface area contributed by atoms with Crippen molar-refractivity contribution >= 4 is 40.7 Å². The minimum Gasteiger partial charge on any atom is -0.497 e. The van der Waals surface area contributed by atoms with Gasteiger partial charge in [-0.25, -0.2) is 0 Å². The zero-order chi connectivity index (χ0) is 13.1. The van der Waals surface area contributed by atoms with Crippen molar-refractivity contribution < 1.29 is 4.74 Å². The molecular formula is C13H11Cl2NOS. The van der Waals surface area contributed by atoms with Crippen molar-refractivity contribution in [1.82, 2.24) is 0 Å². The summed E-state index contributed by atoms with van der Waals surface area (Å²) in [6, 6.07) is 11.4.